The molecule has 2 rings (SSSR count). The van der Waals surface area contributed by atoms with Crippen molar-refractivity contribution in [3.8, 4) is 17.2 Å². The van der Waals surface area contributed by atoms with Gasteiger partial charge in [0.2, 0.25) is 5.91 Å². The van der Waals surface area contributed by atoms with Gasteiger partial charge in [-0.2, -0.15) is 0 Å². The Balaban J connectivity index is 1.97. The van der Waals surface area contributed by atoms with E-state index in [0.29, 0.717) is 30.2 Å². The third-order valence-corrected chi connectivity index (χ3v) is 4.04. The zero-order chi connectivity index (χ0) is 20.5. The quantitative estimate of drug-likeness (QED) is 0.523. The number of aryl methyl sites for hydroxylation is 1. The van der Waals surface area contributed by atoms with Crippen LogP contribution in [0.2, 0.25) is 0 Å². The predicted octanol–water partition coefficient (Wildman–Crippen LogP) is 3.60. The van der Waals surface area contributed by atoms with Crippen LogP contribution in [0.25, 0.3) is 0 Å². The van der Waals surface area contributed by atoms with Gasteiger partial charge in [0.15, 0.2) is 11.5 Å². The molecule has 7 nitrogen and oxygen atoms in total. The Bertz CT molecular complexity index is 816. The van der Waals surface area contributed by atoms with E-state index in [1.54, 1.807) is 0 Å². The van der Waals surface area contributed by atoms with Crippen LogP contribution in [0, 0.1) is 6.92 Å². The lowest BCUT2D eigenvalue weighted by Crippen LogP contribution is -2.16. The number of methoxy groups -OCH3 is 3. The summed E-state index contributed by atoms with van der Waals surface area (Å²) in [7, 11) is 4.21. The van der Waals surface area contributed by atoms with Crippen LogP contribution in [0.5, 0.6) is 17.2 Å². The molecule has 0 unspecified atom stereocenters. The minimum Gasteiger partial charge on any atom is -0.494 e. The third kappa shape index (κ3) is 5.64. The molecule has 0 radical (unpaired) electrons. The summed E-state index contributed by atoms with van der Waals surface area (Å²) >= 11 is 0. The molecule has 0 saturated heterocycles. The first-order valence-electron chi connectivity index (χ1n) is 8.82. The van der Waals surface area contributed by atoms with E-state index in [0.717, 1.165) is 11.3 Å². The topological polar surface area (TPSA) is 83.1 Å². The van der Waals surface area contributed by atoms with E-state index >= 15 is 0 Å². The lowest BCUT2D eigenvalue weighted by molar-refractivity contribution is -0.116. The molecule has 0 aliphatic rings. The van der Waals surface area contributed by atoms with E-state index in [2.05, 4.69) is 5.32 Å². The standard InChI is InChI=1S/C21H25NO6/c1-14-7-9-15(10-8-14)28-11-5-6-20(23)22-17-13-19(26-3)18(25-2)12-16(17)21(24)27-4/h7-10,12-13H,5-6,11H2,1-4H3,(H,22,23). The molecular formula is C21H25NO6. The number of rotatable bonds is 9. The monoisotopic (exact) mass is 387 g/mol. The van der Waals surface area contributed by atoms with E-state index in [4.69, 9.17) is 18.9 Å². The van der Waals surface area contributed by atoms with Crippen molar-refractivity contribution in [2.45, 2.75) is 19.8 Å². The summed E-state index contributed by atoms with van der Waals surface area (Å²) in [6.45, 7) is 2.41. The number of ether oxygens (including phenoxy) is 4. The normalized spacial score (nSPS) is 10.1. The molecule has 0 fully saturated rings. The van der Waals surface area contributed by atoms with Gasteiger partial charge in [0, 0.05) is 18.6 Å². The second-order valence-electron chi connectivity index (χ2n) is 6.06. The van der Waals surface area contributed by atoms with Crippen LogP contribution in [0.15, 0.2) is 36.4 Å². The van der Waals surface area contributed by atoms with Gasteiger partial charge < -0.3 is 24.3 Å². The molecule has 0 aliphatic heterocycles. The highest BCUT2D eigenvalue weighted by Gasteiger charge is 2.19. The molecule has 0 aliphatic carbocycles. The van der Waals surface area contributed by atoms with Gasteiger partial charge in [-0.25, -0.2) is 4.79 Å². The predicted molar refractivity (Wildman–Crippen MR) is 105 cm³/mol. The van der Waals surface area contributed by atoms with Gasteiger partial charge in [0.25, 0.3) is 0 Å². The van der Waals surface area contributed by atoms with Crippen LogP contribution in [-0.4, -0.2) is 39.8 Å². The van der Waals surface area contributed by atoms with Crippen molar-refractivity contribution in [3.05, 3.63) is 47.5 Å². The second kappa shape index (κ2) is 10.2. The molecule has 7 heteroatoms. The molecule has 2 aromatic rings. The van der Waals surface area contributed by atoms with Crippen molar-refractivity contribution in [3.63, 3.8) is 0 Å². The molecule has 2 aromatic carbocycles. The summed E-state index contributed by atoms with van der Waals surface area (Å²) in [5, 5.41) is 2.73. The van der Waals surface area contributed by atoms with Gasteiger partial charge in [-0.05, 0) is 25.5 Å². The van der Waals surface area contributed by atoms with Crippen LogP contribution < -0.4 is 19.5 Å². The van der Waals surface area contributed by atoms with Crippen LogP contribution in [0.3, 0.4) is 0 Å². The largest absolute Gasteiger partial charge is 0.494 e. The minimum absolute atomic E-state index is 0.185. The first kappa shape index (κ1) is 21.1. The molecular weight excluding hydrogens is 362 g/mol. The summed E-state index contributed by atoms with van der Waals surface area (Å²) < 4.78 is 20.8. The summed E-state index contributed by atoms with van der Waals surface area (Å²) in [5.41, 5.74) is 1.64. The highest BCUT2D eigenvalue weighted by atomic mass is 16.5. The van der Waals surface area contributed by atoms with Gasteiger partial charge >= 0.3 is 5.97 Å². The number of esters is 1. The number of hydrogen-bond acceptors (Lipinski definition) is 6. The Hall–Kier alpha value is -3.22. The molecule has 28 heavy (non-hydrogen) atoms. The maximum atomic E-state index is 12.3. The Morgan fingerprint density at radius 3 is 2.21 bits per heavy atom. The first-order chi connectivity index (χ1) is 13.5. The zero-order valence-corrected chi connectivity index (χ0v) is 16.5. The van der Waals surface area contributed by atoms with E-state index in [1.165, 1.54) is 33.5 Å². The van der Waals surface area contributed by atoms with Crippen molar-refractivity contribution in [1.29, 1.82) is 0 Å². The molecule has 0 bridgehead atoms. The van der Waals surface area contributed by atoms with Gasteiger partial charge in [-0.15, -0.1) is 0 Å². The van der Waals surface area contributed by atoms with Crippen molar-refractivity contribution in [2.24, 2.45) is 0 Å². The molecule has 0 aromatic heterocycles. The molecule has 0 heterocycles. The average Bonchev–Trinajstić information content (AvgIpc) is 2.71. The summed E-state index contributed by atoms with van der Waals surface area (Å²) in [6.07, 6.45) is 0.765. The van der Waals surface area contributed by atoms with E-state index < -0.39 is 5.97 Å². The van der Waals surface area contributed by atoms with Crippen molar-refractivity contribution in [1.82, 2.24) is 0 Å². The molecule has 1 N–H and O–H groups in total. The van der Waals surface area contributed by atoms with Crippen molar-refractivity contribution >= 4 is 17.6 Å². The maximum absolute atomic E-state index is 12.3. The highest BCUT2D eigenvalue weighted by molar-refractivity contribution is 6.02. The van der Waals surface area contributed by atoms with Gasteiger partial charge in [0.1, 0.15) is 5.75 Å². The van der Waals surface area contributed by atoms with Crippen LogP contribution in [-0.2, 0) is 9.53 Å². The number of carbonyl (C=O) groups excluding carboxylic acids is 2. The molecule has 0 spiro atoms. The van der Waals surface area contributed by atoms with Gasteiger partial charge in [0.05, 0.1) is 39.2 Å². The molecule has 1 amide bonds. The Labute approximate surface area is 164 Å². The fourth-order valence-corrected chi connectivity index (χ4v) is 2.53. The average molecular weight is 387 g/mol. The number of amides is 1. The number of benzene rings is 2. The minimum atomic E-state index is -0.584. The summed E-state index contributed by atoms with van der Waals surface area (Å²) in [6, 6.07) is 10.7. The van der Waals surface area contributed by atoms with Crippen LogP contribution in [0.1, 0.15) is 28.8 Å². The fraction of sp³-hybridized carbons (Fsp3) is 0.333. The number of anilines is 1. The van der Waals surface area contributed by atoms with Gasteiger partial charge in [-0.1, -0.05) is 17.7 Å². The Morgan fingerprint density at radius 2 is 1.61 bits per heavy atom. The van der Waals surface area contributed by atoms with Gasteiger partial charge in [-0.3, -0.25) is 4.79 Å². The van der Waals surface area contributed by atoms with E-state index in [-0.39, 0.29) is 17.9 Å². The van der Waals surface area contributed by atoms with Crippen LogP contribution in [0.4, 0.5) is 5.69 Å². The number of carbonyl (C=O) groups is 2. The SMILES string of the molecule is COC(=O)c1cc(OC)c(OC)cc1NC(=O)CCCOc1ccc(C)cc1. The summed E-state index contributed by atoms with van der Waals surface area (Å²) in [4.78, 5) is 24.3. The Kier molecular flexibility index (Phi) is 7.68. The van der Waals surface area contributed by atoms with Crippen molar-refractivity contribution in [2.75, 3.05) is 33.3 Å². The number of hydrogen-bond donors (Lipinski definition) is 1. The highest BCUT2D eigenvalue weighted by Crippen LogP contribution is 2.33. The zero-order valence-electron chi connectivity index (χ0n) is 16.5. The van der Waals surface area contributed by atoms with E-state index in [1.807, 2.05) is 31.2 Å². The second-order valence-corrected chi connectivity index (χ2v) is 6.06. The Morgan fingerprint density at radius 1 is 0.964 bits per heavy atom. The fourth-order valence-electron chi connectivity index (χ4n) is 2.53. The number of nitrogens with one attached hydrogen (secondary N) is 1. The van der Waals surface area contributed by atoms with Crippen LogP contribution >= 0.6 is 0 Å². The molecule has 0 atom stereocenters. The lowest BCUT2D eigenvalue weighted by atomic mass is 10.1. The third-order valence-electron chi connectivity index (χ3n) is 4.04. The molecule has 0 saturated carbocycles. The lowest BCUT2D eigenvalue weighted by Gasteiger charge is -2.14. The summed E-state index contributed by atoms with van der Waals surface area (Å²) in [5.74, 6) is 0.697. The van der Waals surface area contributed by atoms with Crippen molar-refractivity contribution < 1.29 is 28.5 Å². The maximum Gasteiger partial charge on any atom is 0.340 e. The molecule has 150 valence electrons. The first-order valence-corrected chi connectivity index (χ1v) is 8.82. The smallest absolute Gasteiger partial charge is 0.340 e. The van der Waals surface area contributed by atoms with E-state index in [9.17, 15) is 9.59 Å².